The summed E-state index contributed by atoms with van der Waals surface area (Å²) in [5.41, 5.74) is 2.27. The first-order valence-electron chi connectivity index (χ1n) is 9.26. The van der Waals surface area contributed by atoms with Gasteiger partial charge in [0, 0.05) is 29.3 Å². The van der Waals surface area contributed by atoms with E-state index in [9.17, 15) is 9.59 Å². The molecule has 0 saturated heterocycles. The van der Waals surface area contributed by atoms with Gasteiger partial charge in [0.15, 0.2) is 5.82 Å². The number of anilines is 1. The van der Waals surface area contributed by atoms with Crippen molar-refractivity contribution in [2.45, 2.75) is 52.0 Å². The number of nitrogens with one attached hydrogen (secondary N) is 1. The zero-order chi connectivity index (χ0) is 20.0. The molecule has 1 fully saturated rings. The lowest BCUT2D eigenvalue weighted by Crippen LogP contribution is -2.32. The van der Waals surface area contributed by atoms with Crippen molar-refractivity contribution in [1.29, 1.82) is 0 Å². The van der Waals surface area contributed by atoms with Crippen LogP contribution in [0.3, 0.4) is 0 Å². The van der Waals surface area contributed by atoms with E-state index in [0.29, 0.717) is 33.7 Å². The van der Waals surface area contributed by atoms with Crippen molar-refractivity contribution < 1.29 is 4.79 Å². The van der Waals surface area contributed by atoms with Crippen LogP contribution in [-0.2, 0) is 11.3 Å². The fraction of sp³-hybridized carbons (Fsp3) is 0.421. The molecule has 0 radical (unpaired) electrons. The van der Waals surface area contributed by atoms with E-state index in [0.717, 1.165) is 18.5 Å². The lowest BCUT2D eigenvalue weighted by atomic mass is 10.2. The molecule has 3 aromatic rings. The van der Waals surface area contributed by atoms with Gasteiger partial charge in [0.25, 0.3) is 5.56 Å². The molecule has 0 spiro atoms. The first-order chi connectivity index (χ1) is 13.3. The fourth-order valence-electron chi connectivity index (χ4n) is 3.09. The number of carbonyl (C=O) groups excluding carboxylic acids is 1. The predicted octanol–water partition coefficient (Wildman–Crippen LogP) is 2.89. The van der Waals surface area contributed by atoms with E-state index < -0.39 is 0 Å². The van der Waals surface area contributed by atoms with Crippen LogP contribution in [0.2, 0.25) is 5.15 Å². The van der Waals surface area contributed by atoms with Gasteiger partial charge in [-0.15, -0.1) is 0 Å². The third-order valence-electron chi connectivity index (χ3n) is 4.84. The average Bonchev–Trinajstić information content (AvgIpc) is 3.40. The number of carbonyl (C=O) groups is 1. The normalized spacial score (nSPS) is 14.0. The molecule has 9 heteroatoms. The van der Waals surface area contributed by atoms with E-state index in [4.69, 9.17) is 11.6 Å². The molecule has 1 aliphatic rings. The van der Waals surface area contributed by atoms with Crippen molar-refractivity contribution in [3.8, 4) is 0 Å². The van der Waals surface area contributed by atoms with E-state index >= 15 is 0 Å². The number of halogens is 1. The maximum atomic E-state index is 12.9. The summed E-state index contributed by atoms with van der Waals surface area (Å²) >= 11 is 6.00. The Kier molecular flexibility index (Phi) is 4.66. The lowest BCUT2D eigenvalue weighted by Gasteiger charge is -2.12. The Bertz CT molecular complexity index is 1130. The maximum Gasteiger partial charge on any atom is 0.293 e. The molecule has 4 rings (SSSR count). The van der Waals surface area contributed by atoms with Crippen molar-refractivity contribution in [3.05, 3.63) is 50.9 Å². The number of amides is 1. The summed E-state index contributed by atoms with van der Waals surface area (Å²) in [6, 6.07) is 3.49. The van der Waals surface area contributed by atoms with Crippen LogP contribution in [0.4, 0.5) is 5.69 Å². The van der Waals surface area contributed by atoms with Gasteiger partial charge in [-0.25, -0.2) is 14.2 Å². The van der Waals surface area contributed by atoms with Crippen LogP contribution in [0, 0.1) is 6.92 Å². The highest BCUT2D eigenvalue weighted by Crippen LogP contribution is 2.39. The average molecular weight is 401 g/mol. The lowest BCUT2D eigenvalue weighted by molar-refractivity contribution is -0.117. The summed E-state index contributed by atoms with van der Waals surface area (Å²) in [4.78, 5) is 29.4. The topological polar surface area (TPSA) is 94.2 Å². The summed E-state index contributed by atoms with van der Waals surface area (Å²) in [5.74, 6) is 0.763. The molecule has 1 aliphatic carbocycles. The first-order valence-corrected chi connectivity index (χ1v) is 9.64. The van der Waals surface area contributed by atoms with Gasteiger partial charge in [-0.05, 0) is 31.9 Å². The summed E-state index contributed by atoms with van der Waals surface area (Å²) in [5, 5.41) is 12.1. The summed E-state index contributed by atoms with van der Waals surface area (Å²) < 4.78 is 2.83. The number of pyridine rings is 1. The second-order valence-electron chi connectivity index (χ2n) is 7.44. The Morgan fingerprint density at radius 3 is 2.79 bits per heavy atom. The quantitative estimate of drug-likeness (QED) is 0.664. The molecule has 0 aromatic carbocycles. The molecule has 8 nitrogen and oxygen atoms in total. The van der Waals surface area contributed by atoms with Gasteiger partial charge in [0.2, 0.25) is 5.91 Å². The van der Waals surface area contributed by atoms with Gasteiger partial charge in [-0.1, -0.05) is 25.4 Å². The highest BCUT2D eigenvalue weighted by Gasteiger charge is 2.28. The highest BCUT2D eigenvalue weighted by atomic mass is 35.5. The van der Waals surface area contributed by atoms with Crippen molar-refractivity contribution in [1.82, 2.24) is 24.4 Å². The van der Waals surface area contributed by atoms with Crippen LogP contribution in [0.25, 0.3) is 5.52 Å². The minimum atomic E-state index is -0.360. The largest absolute Gasteiger partial charge is 0.324 e. The van der Waals surface area contributed by atoms with Crippen molar-refractivity contribution in [2.24, 2.45) is 0 Å². The van der Waals surface area contributed by atoms with Crippen LogP contribution in [0.1, 0.15) is 55.6 Å². The second-order valence-corrected chi connectivity index (χ2v) is 7.80. The zero-order valence-corrected chi connectivity index (χ0v) is 16.7. The highest BCUT2D eigenvalue weighted by molar-refractivity contribution is 6.30. The van der Waals surface area contributed by atoms with Gasteiger partial charge in [0.05, 0.1) is 5.69 Å². The molecule has 1 N–H and O–H groups in total. The van der Waals surface area contributed by atoms with Crippen LogP contribution in [0.5, 0.6) is 0 Å². The Morgan fingerprint density at radius 2 is 2.11 bits per heavy atom. The number of hydrogen-bond acceptors (Lipinski definition) is 5. The maximum absolute atomic E-state index is 12.9. The summed E-state index contributed by atoms with van der Waals surface area (Å²) in [7, 11) is 0. The Labute approximate surface area is 166 Å². The Hall–Kier alpha value is -2.74. The van der Waals surface area contributed by atoms with Gasteiger partial charge in [-0.3, -0.25) is 9.59 Å². The fourth-order valence-corrected chi connectivity index (χ4v) is 3.25. The minimum Gasteiger partial charge on any atom is -0.324 e. The summed E-state index contributed by atoms with van der Waals surface area (Å²) in [6.07, 6.45) is 3.71. The van der Waals surface area contributed by atoms with Crippen LogP contribution in [0.15, 0.2) is 23.1 Å². The standard InChI is InChI=1S/C19H21ClN6O2/c1-10(2)18-24-25(9-16(27)22-13-6-7-21-17(20)11(13)3)19(28)15-8-14(12-4-5-12)23-26(15)18/h6-8,10,12H,4-5,9H2,1-3H3,(H,21,22,27). The Balaban J connectivity index is 1.68. The van der Waals surface area contributed by atoms with Gasteiger partial charge in [0.1, 0.15) is 17.2 Å². The van der Waals surface area contributed by atoms with Crippen molar-refractivity contribution in [3.63, 3.8) is 0 Å². The van der Waals surface area contributed by atoms with E-state index in [1.54, 1.807) is 17.5 Å². The van der Waals surface area contributed by atoms with E-state index in [1.807, 2.05) is 19.9 Å². The third kappa shape index (κ3) is 3.40. The van der Waals surface area contributed by atoms with E-state index in [-0.39, 0.29) is 23.9 Å². The molecule has 0 unspecified atom stereocenters. The number of nitrogens with zero attached hydrogens (tertiary/aromatic N) is 5. The first kappa shape index (κ1) is 18.6. The van der Waals surface area contributed by atoms with E-state index in [2.05, 4.69) is 20.5 Å². The van der Waals surface area contributed by atoms with Gasteiger partial charge < -0.3 is 5.32 Å². The SMILES string of the molecule is Cc1c(NC(=O)Cn2nc(C(C)C)n3nc(C4CC4)cc3c2=O)ccnc1Cl. The van der Waals surface area contributed by atoms with Gasteiger partial charge in [-0.2, -0.15) is 10.2 Å². The predicted molar refractivity (Wildman–Crippen MR) is 106 cm³/mol. The van der Waals surface area contributed by atoms with Crippen molar-refractivity contribution >= 4 is 28.7 Å². The number of hydrogen-bond donors (Lipinski definition) is 1. The molecule has 3 heterocycles. The third-order valence-corrected chi connectivity index (χ3v) is 5.23. The molecule has 3 aromatic heterocycles. The molecule has 1 saturated carbocycles. The smallest absolute Gasteiger partial charge is 0.293 e. The monoisotopic (exact) mass is 400 g/mol. The molecule has 28 heavy (non-hydrogen) atoms. The molecule has 0 aliphatic heterocycles. The number of aromatic nitrogens is 5. The van der Waals surface area contributed by atoms with E-state index in [1.165, 1.54) is 10.9 Å². The van der Waals surface area contributed by atoms with Crippen LogP contribution < -0.4 is 10.9 Å². The Morgan fingerprint density at radius 1 is 1.36 bits per heavy atom. The molecule has 0 bridgehead atoms. The minimum absolute atomic E-state index is 0.0469. The molecular weight excluding hydrogens is 380 g/mol. The second kappa shape index (κ2) is 7.01. The van der Waals surface area contributed by atoms with Crippen LogP contribution >= 0.6 is 11.6 Å². The van der Waals surface area contributed by atoms with Gasteiger partial charge >= 0.3 is 0 Å². The summed E-state index contributed by atoms with van der Waals surface area (Å²) in [6.45, 7) is 5.54. The molecule has 1 amide bonds. The zero-order valence-electron chi connectivity index (χ0n) is 15.9. The number of rotatable bonds is 5. The van der Waals surface area contributed by atoms with Crippen molar-refractivity contribution in [2.75, 3.05) is 5.32 Å². The molecule has 0 atom stereocenters. The van der Waals surface area contributed by atoms with Crippen LogP contribution in [-0.4, -0.2) is 30.3 Å². The molecular formula is C19H21ClN6O2. The molecule has 146 valence electrons. The number of fused-ring (bicyclic) bond motifs is 1.